The van der Waals surface area contributed by atoms with Gasteiger partial charge in [0.2, 0.25) is 0 Å². The fraction of sp³-hybridized carbons (Fsp3) is 0.267. The first-order valence-corrected chi connectivity index (χ1v) is 7.36. The van der Waals surface area contributed by atoms with Gasteiger partial charge in [0.05, 0.1) is 0 Å². The predicted octanol–water partition coefficient (Wildman–Crippen LogP) is 3.54. The molecule has 100 valence electrons. The van der Waals surface area contributed by atoms with Gasteiger partial charge < -0.3 is 10.5 Å². The molecule has 0 saturated carbocycles. The molecule has 2 unspecified atom stereocenters. The van der Waals surface area contributed by atoms with E-state index in [1.54, 1.807) is 6.20 Å². The molecule has 0 saturated heterocycles. The summed E-state index contributed by atoms with van der Waals surface area (Å²) in [6.07, 6.45) is 4.25. The van der Waals surface area contributed by atoms with Gasteiger partial charge in [0.1, 0.15) is 11.9 Å². The Kier molecular flexibility index (Phi) is 5.15. The first kappa shape index (κ1) is 14.3. The van der Waals surface area contributed by atoms with Gasteiger partial charge >= 0.3 is 0 Å². The molecular weight excluding hydrogens is 351 g/mol. The Morgan fingerprint density at radius 1 is 1.26 bits per heavy atom. The molecule has 0 bridgehead atoms. The van der Waals surface area contributed by atoms with E-state index in [2.05, 4.69) is 34.5 Å². The van der Waals surface area contributed by atoms with E-state index in [1.807, 2.05) is 42.6 Å². The molecule has 0 amide bonds. The van der Waals surface area contributed by atoms with Crippen LogP contribution in [0, 0.1) is 3.57 Å². The summed E-state index contributed by atoms with van der Waals surface area (Å²) in [5.74, 6) is 0.832. The molecule has 0 aliphatic rings. The lowest BCUT2D eigenvalue weighted by Crippen LogP contribution is -2.31. The van der Waals surface area contributed by atoms with Gasteiger partial charge in [-0.25, -0.2) is 0 Å². The molecule has 1 heterocycles. The number of hydrogen-bond acceptors (Lipinski definition) is 3. The first-order chi connectivity index (χ1) is 9.20. The number of ether oxygens (including phenoxy) is 1. The molecule has 0 radical (unpaired) electrons. The number of halogens is 1. The second kappa shape index (κ2) is 6.86. The van der Waals surface area contributed by atoms with Gasteiger partial charge in [-0.05, 0) is 59.3 Å². The van der Waals surface area contributed by atoms with Crippen molar-refractivity contribution in [2.75, 3.05) is 0 Å². The number of benzene rings is 1. The summed E-state index contributed by atoms with van der Waals surface area (Å²) in [4.78, 5) is 4.14. The Balaban J connectivity index is 2.21. The van der Waals surface area contributed by atoms with Crippen LogP contribution in [0.1, 0.15) is 25.0 Å². The summed E-state index contributed by atoms with van der Waals surface area (Å²) in [5, 5.41) is 0. The quantitative estimate of drug-likeness (QED) is 0.822. The van der Waals surface area contributed by atoms with Crippen LogP contribution in [0.15, 0.2) is 48.8 Å². The smallest absolute Gasteiger partial charge is 0.140 e. The van der Waals surface area contributed by atoms with Crippen LogP contribution < -0.4 is 10.5 Å². The summed E-state index contributed by atoms with van der Waals surface area (Å²) < 4.78 is 7.22. The number of pyridine rings is 1. The van der Waals surface area contributed by atoms with E-state index in [0.29, 0.717) is 0 Å². The highest BCUT2D eigenvalue weighted by molar-refractivity contribution is 14.1. The van der Waals surface area contributed by atoms with Crippen molar-refractivity contribution in [3.05, 3.63) is 57.9 Å². The fourth-order valence-electron chi connectivity index (χ4n) is 1.82. The molecule has 0 fully saturated rings. The average Bonchev–Trinajstić information content (AvgIpc) is 2.47. The fourth-order valence-corrected chi connectivity index (χ4v) is 2.18. The van der Waals surface area contributed by atoms with Crippen molar-refractivity contribution in [2.45, 2.75) is 25.5 Å². The third-order valence-corrected chi connectivity index (χ3v) is 3.67. The minimum Gasteiger partial charge on any atom is -0.484 e. The highest BCUT2D eigenvalue weighted by Gasteiger charge is 2.20. The zero-order chi connectivity index (χ0) is 13.7. The monoisotopic (exact) mass is 368 g/mol. The van der Waals surface area contributed by atoms with Crippen LogP contribution in [-0.2, 0) is 0 Å². The van der Waals surface area contributed by atoms with E-state index < -0.39 is 0 Å². The zero-order valence-corrected chi connectivity index (χ0v) is 12.9. The number of rotatable bonds is 5. The Bertz CT molecular complexity index is 501. The minimum absolute atomic E-state index is 0.0523. The number of aromatic nitrogens is 1. The second-order valence-corrected chi connectivity index (χ2v) is 5.60. The largest absolute Gasteiger partial charge is 0.484 e. The molecule has 2 rings (SSSR count). The maximum atomic E-state index is 6.17. The second-order valence-electron chi connectivity index (χ2n) is 4.35. The standard InChI is InChI=1S/C15H17IN2O/c1-2-14(17)15(11-4-3-9-18-10-11)19-13-7-5-12(16)6-8-13/h3-10,14-15H,2,17H2,1H3. The van der Waals surface area contributed by atoms with Gasteiger partial charge in [-0.2, -0.15) is 0 Å². The minimum atomic E-state index is -0.168. The van der Waals surface area contributed by atoms with Crippen LogP contribution in [0.5, 0.6) is 5.75 Å². The van der Waals surface area contributed by atoms with Crippen molar-refractivity contribution >= 4 is 22.6 Å². The Hall–Kier alpha value is -1.14. The number of nitrogens with zero attached hydrogens (tertiary/aromatic N) is 1. The molecule has 0 aliphatic heterocycles. The lowest BCUT2D eigenvalue weighted by atomic mass is 10.0. The number of hydrogen-bond donors (Lipinski definition) is 1. The predicted molar refractivity (Wildman–Crippen MR) is 85.0 cm³/mol. The van der Waals surface area contributed by atoms with Crippen LogP contribution in [0.25, 0.3) is 0 Å². The van der Waals surface area contributed by atoms with Crippen LogP contribution in [0.3, 0.4) is 0 Å². The molecule has 0 aliphatic carbocycles. The van der Waals surface area contributed by atoms with Gasteiger partial charge in [-0.15, -0.1) is 0 Å². The molecule has 0 spiro atoms. The van der Waals surface area contributed by atoms with E-state index in [9.17, 15) is 0 Å². The van der Waals surface area contributed by atoms with Gasteiger partial charge in [0, 0.05) is 27.6 Å². The lowest BCUT2D eigenvalue weighted by Gasteiger charge is -2.24. The SMILES string of the molecule is CCC(N)C(Oc1ccc(I)cc1)c1cccnc1. The molecule has 2 atom stereocenters. The maximum Gasteiger partial charge on any atom is 0.140 e. The Labute approximate surface area is 127 Å². The van der Waals surface area contributed by atoms with Crippen LogP contribution in [-0.4, -0.2) is 11.0 Å². The highest BCUT2D eigenvalue weighted by Crippen LogP contribution is 2.25. The van der Waals surface area contributed by atoms with Gasteiger partial charge in [-0.1, -0.05) is 13.0 Å². The van der Waals surface area contributed by atoms with Gasteiger partial charge in [0.25, 0.3) is 0 Å². The van der Waals surface area contributed by atoms with Crippen molar-refractivity contribution in [3.63, 3.8) is 0 Å². The summed E-state index contributed by atoms with van der Waals surface area (Å²) in [6, 6.07) is 11.8. The van der Waals surface area contributed by atoms with E-state index in [0.717, 1.165) is 17.7 Å². The summed E-state index contributed by atoms with van der Waals surface area (Å²) >= 11 is 2.27. The van der Waals surface area contributed by atoms with Crippen LogP contribution in [0.2, 0.25) is 0 Å². The summed E-state index contributed by atoms with van der Waals surface area (Å²) in [6.45, 7) is 2.06. The molecule has 19 heavy (non-hydrogen) atoms. The lowest BCUT2D eigenvalue weighted by molar-refractivity contribution is 0.170. The Morgan fingerprint density at radius 3 is 2.58 bits per heavy atom. The van der Waals surface area contributed by atoms with Crippen molar-refractivity contribution in [1.82, 2.24) is 4.98 Å². The normalized spacial score (nSPS) is 13.8. The molecule has 1 aromatic carbocycles. The molecule has 2 aromatic rings. The summed E-state index contributed by atoms with van der Waals surface area (Å²) in [5.41, 5.74) is 7.18. The average molecular weight is 368 g/mol. The zero-order valence-electron chi connectivity index (χ0n) is 10.8. The van der Waals surface area contributed by atoms with E-state index in [-0.39, 0.29) is 12.1 Å². The third kappa shape index (κ3) is 3.91. The molecule has 4 heteroatoms. The highest BCUT2D eigenvalue weighted by atomic mass is 127. The van der Waals surface area contributed by atoms with E-state index in [4.69, 9.17) is 10.5 Å². The molecule has 2 N–H and O–H groups in total. The molecular formula is C15H17IN2O. The van der Waals surface area contributed by atoms with Crippen molar-refractivity contribution < 1.29 is 4.74 Å². The van der Waals surface area contributed by atoms with Gasteiger partial charge in [-0.3, -0.25) is 4.98 Å². The third-order valence-electron chi connectivity index (χ3n) is 2.95. The van der Waals surface area contributed by atoms with Crippen molar-refractivity contribution in [1.29, 1.82) is 0 Å². The molecule has 3 nitrogen and oxygen atoms in total. The Morgan fingerprint density at radius 2 is 2.00 bits per heavy atom. The van der Waals surface area contributed by atoms with Crippen molar-refractivity contribution in [2.24, 2.45) is 5.73 Å². The topological polar surface area (TPSA) is 48.1 Å². The van der Waals surface area contributed by atoms with Gasteiger partial charge in [0.15, 0.2) is 0 Å². The van der Waals surface area contributed by atoms with Crippen molar-refractivity contribution in [3.8, 4) is 5.75 Å². The summed E-state index contributed by atoms with van der Waals surface area (Å²) in [7, 11) is 0. The maximum absolute atomic E-state index is 6.17. The van der Waals surface area contributed by atoms with E-state index in [1.165, 1.54) is 3.57 Å². The van der Waals surface area contributed by atoms with E-state index >= 15 is 0 Å². The number of nitrogens with two attached hydrogens (primary N) is 1. The molecule has 1 aromatic heterocycles. The van der Waals surface area contributed by atoms with Crippen LogP contribution in [0.4, 0.5) is 0 Å². The first-order valence-electron chi connectivity index (χ1n) is 6.28. The van der Waals surface area contributed by atoms with Crippen LogP contribution >= 0.6 is 22.6 Å².